The normalized spacial score (nSPS) is 11.6. The highest BCUT2D eigenvalue weighted by molar-refractivity contribution is 7.92. The van der Waals surface area contributed by atoms with Gasteiger partial charge >= 0.3 is 0 Å². The van der Waals surface area contributed by atoms with Gasteiger partial charge in [-0.1, -0.05) is 41.9 Å². The maximum atomic E-state index is 12.6. The first kappa shape index (κ1) is 26.2. The number of nitrogens with zero attached hydrogens (tertiary/aromatic N) is 3. The lowest BCUT2D eigenvalue weighted by Gasteiger charge is -2.22. The minimum atomic E-state index is -3.48. The van der Waals surface area contributed by atoms with Gasteiger partial charge in [-0.25, -0.2) is 13.8 Å². The molecule has 0 saturated heterocycles. The Bertz CT molecular complexity index is 1530. The van der Waals surface area contributed by atoms with E-state index < -0.39 is 10.0 Å². The summed E-state index contributed by atoms with van der Waals surface area (Å²) in [5, 5.41) is 4.81. The summed E-state index contributed by atoms with van der Waals surface area (Å²) >= 11 is 6.01. The maximum absolute atomic E-state index is 12.6. The summed E-state index contributed by atoms with van der Waals surface area (Å²) in [5.74, 6) is -0.364. The first-order chi connectivity index (χ1) is 17.6. The van der Waals surface area contributed by atoms with Crippen LogP contribution in [0.1, 0.15) is 32.9 Å². The molecule has 190 valence electrons. The van der Waals surface area contributed by atoms with Crippen LogP contribution in [0, 0.1) is 13.8 Å². The first-order valence-electron chi connectivity index (χ1n) is 11.5. The molecular formula is C28H27ClN4O3S. The van der Waals surface area contributed by atoms with E-state index in [1.165, 1.54) is 10.6 Å². The van der Waals surface area contributed by atoms with Crippen molar-refractivity contribution in [1.82, 2.24) is 9.99 Å². The summed E-state index contributed by atoms with van der Waals surface area (Å²) in [6, 6.07) is 25.2. The minimum Gasteiger partial charge on any atom is -0.318 e. The fourth-order valence-electron chi connectivity index (χ4n) is 4.05. The quantitative estimate of drug-likeness (QED) is 0.240. The standard InChI is InChI=1S/C28H27ClN4O3S/c1-20-17-24(21(2)33(20)27-15-13-25(29)14-16-27)18-30-31-28(34)23-11-9-22(10-12-23)19-32(37(3,35)36)26-7-5-4-6-8-26/h4-18H,19H2,1-3H3,(H,31,34)/b30-18+. The fraction of sp³-hybridized carbons (Fsp3) is 0.143. The Hall–Kier alpha value is -3.88. The molecule has 0 bridgehead atoms. The van der Waals surface area contributed by atoms with Gasteiger partial charge in [-0.2, -0.15) is 5.10 Å². The van der Waals surface area contributed by atoms with Gasteiger partial charge in [0.1, 0.15) is 0 Å². The molecule has 4 aromatic rings. The second-order valence-electron chi connectivity index (χ2n) is 8.64. The number of carbonyl (C=O) groups excluding carboxylic acids is 1. The zero-order valence-corrected chi connectivity index (χ0v) is 22.3. The highest BCUT2D eigenvalue weighted by atomic mass is 35.5. The van der Waals surface area contributed by atoms with Crippen molar-refractivity contribution >= 4 is 39.4 Å². The van der Waals surface area contributed by atoms with Crippen LogP contribution in [0.5, 0.6) is 0 Å². The fourth-order valence-corrected chi connectivity index (χ4v) is 5.07. The number of nitrogens with one attached hydrogen (secondary N) is 1. The van der Waals surface area contributed by atoms with Crippen LogP contribution in [-0.2, 0) is 16.6 Å². The first-order valence-corrected chi connectivity index (χ1v) is 13.8. The summed E-state index contributed by atoms with van der Waals surface area (Å²) < 4.78 is 28.1. The van der Waals surface area contributed by atoms with Crippen molar-refractivity contribution in [2.24, 2.45) is 5.10 Å². The molecule has 0 aliphatic carbocycles. The molecule has 1 aromatic heterocycles. The number of sulfonamides is 1. The molecule has 0 atom stereocenters. The van der Waals surface area contributed by atoms with E-state index in [4.69, 9.17) is 11.6 Å². The van der Waals surface area contributed by atoms with E-state index >= 15 is 0 Å². The number of hydrogen-bond acceptors (Lipinski definition) is 4. The van der Waals surface area contributed by atoms with Gasteiger partial charge in [0.05, 0.1) is 24.7 Å². The molecule has 4 rings (SSSR count). The third-order valence-electron chi connectivity index (χ3n) is 5.91. The number of aryl methyl sites for hydroxylation is 1. The molecule has 0 fully saturated rings. The van der Waals surface area contributed by atoms with E-state index in [1.54, 1.807) is 54.7 Å². The molecule has 1 amide bonds. The zero-order valence-electron chi connectivity index (χ0n) is 20.7. The van der Waals surface area contributed by atoms with Gasteiger partial charge in [0.2, 0.25) is 10.0 Å². The van der Waals surface area contributed by atoms with E-state index in [2.05, 4.69) is 15.1 Å². The van der Waals surface area contributed by atoms with E-state index in [0.29, 0.717) is 16.3 Å². The van der Waals surface area contributed by atoms with Crippen molar-refractivity contribution in [3.63, 3.8) is 0 Å². The van der Waals surface area contributed by atoms with E-state index in [-0.39, 0.29) is 12.5 Å². The number of hydrogen-bond donors (Lipinski definition) is 1. The Morgan fingerprint density at radius 1 is 1.00 bits per heavy atom. The van der Waals surface area contributed by atoms with Crippen LogP contribution in [0.25, 0.3) is 5.69 Å². The average Bonchev–Trinajstić information content (AvgIpc) is 3.16. The van der Waals surface area contributed by atoms with Crippen LogP contribution in [0.15, 0.2) is 90.0 Å². The van der Waals surface area contributed by atoms with E-state index in [1.807, 2.05) is 50.2 Å². The SMILES string of the molecule is Cc1cc(/C=N/NC(=O)c2ccc(CN(c3ccccc3)S(C)(=O)=O)cc2)c(C)n1-c1ccc(Cl)cc1. The van der Waals surface area contributed by atoms with Gasteiger partial charge in [-0.05, 0) is 74.0 Å². The highest BCUT2D eigenvalue weighted by Gasteiger charge is 2.18. The van der Waals surface area contributed by atoms with Crippen molar-refractivity contribution in [1.29, 1.82) is 0 Å². The molecule has 7 nitrogen and oxygen atoms in total. The molecule has 37 heavy (non-hydrogen) atoms. The van der Waals surface area contributed by atoms with E-state index in [9.17, 15) is 13.2 Å². The van der Waals surface area contributed by atoms with Gasteiger partial charge in [0.25, 0.3) is 5.91 Å². The molecular weight excluding hydrogens is 508 g/mol. The van der Waals surface area contributed by atoms with Crippen LogP contribution in [-0.4, -0.2) is 31.4 Å². The number of hydrazone groups is 1. The lowest BCUT2D eigenvalue weighted by Crippen LogP contribution is -2.29. The van der Waals surface area contributed by atoms with Crippen molar-refractivity contribution in [3.05, 3.63) is 118 Å². The number of halogens is 1. The lowest BCUT2D eigenvalue weighted by atomic mass is 10.1. The third-order valence-corrected chi connectivity index (χ3v) is 7.30. The zero-order chi connectivity index (χ0) is 26.6. The number of para-hydroxylation sites is 1. The number of benzene rings is 3. The van der Waals surface area contributed by atoms with Gasteiger partial charge in [-0.15, -0.1) is 0 Å². The smallest absolute Gasteiger partial charge is 0.271 e. The van der Waals surface area contributed by atoms with Gasteiger partial charge in [0, 0.05) is 33.2 Å². The Labute approximate surface area is 222 Å². The summed E-state index contributed by atoms with van der Waals surface area (Å²) in [7, 11) is -3.48. The summed E-state index contributed by atoms with van der Waals surface area (Å²) in [5.41, 5.74) is 8.19. The van der Waals surface area contributed by atoms with Crippen molar-refractivity contribution in [2.75, 3.05) is 10.6 Å². The molecule has 1 heterocycles. The monoisotopic (exact) mass is 534 g/mol. The van der Waals surface area contributed by atoms with E-state index in [0.717, 1.165) is 28.2 Å². The van der Waals surface area contributed by atoms with Gasteiger partial charge < -0.3 is 4.57 Å². The van der Waals surface area contributed by atoms with Crippen LogP contribution in [0.4, 0.5) is 5.69 Å². The van der Waals surface area contributed by atoms with Gasteiger partial charge in [0.15, 0.2) is 0 Å². The third kappa shape index (κ3) is 6.28. The Morgan fingerprint density at radius 2 is 1.65 bits per heavy atom. The number of aromatic nitrogens is 1. The number of amides is 1. The summed E-state index contributed by atoms with van der Waals surface area (Å²) in [6.45, 7) is 4.15. The molecule has 1 N–H and O–H groups in total. The Kier molecular flexibility index (Phi) is 7.80. The van der Waals surface area contributed by atoms with Gasteiger partial charge in [-0.3, -0.25) is 9.10 Å². The van der Waals surface area contributed by atoms with Crippen molar-refractivity contribution in [3.8, 4) is 5.69 Å². The summed E-state index contributed by atoms with van der Waals surface area (Å²) in [4.78, 5) is 12.6. The average molecular weight is 535 g/mol. The predicted molar refractivity (Wildman–Crippen MR) is 149 cm³/mol. The molecule has 3 aromatic carbocycles. The molecule has 0 saturated carbocycles. The van der Waals surface area contributed by atoms with Crippen molar-refractivity contribution < 1.29 is 13.2 Å². The number of rotatable bonds is 8. The Morgan fingerprint density at radius 3 is 2.27 bits per heavy atom. The minimum absolute atomic E-state index is 0.159. The van der Waals surface area contributed by atoms with Crippen LogP contribution in [0.3, 0.4) is 0 Å². The lowest BCUT2D eigenvalue weighted by molar-refractivity contribution is 0.0955. The van der Waals surface area contributed by atoms with Crippen molar-refractivity contribution in [2.45, 2.75) is 20.4 Å². The number of carbonyl (C=O) groups is 1. The largest absolute Gasteiger partial charge is 0.318 e. The maximum Gasteiger partial charge on any atom is 0.271 e. The second kappa shape index (κ2) is 11.0. The molecule has 0 unspecified atom stereocenters. The molecule has 9 heteroatoms. The summed E-state index contributed by atoms with van der Waals surface area (Å²) in [6.07, 6.45) is 2.79. The molecule has 0 aliphatic heterocycles. The van der Waals surface area contributed by atoms with Crippen LogP contribution >= 0.6 is 11.6 Å². The number of anilines is 1. The molecule has 0 radical (unpaired) electrons. The van der Waals surface area contributed by atoms with Crippen LogP contribution < -0.4 is 9.73 Å². The Balaban J connectivity index is 1.43. The highest BCUT2D eigenvalue weighted by Crippen LogP contribution is 2.22. The molecule has 0 aliphatic rings. The predicted octanol–water partition coefficient (Wildman–Crippen LogP) is 5.48. The van der Waals surface area contributed by atoms with Crippen LogP contribution in [0.2, 0.25) is 5.02 Å². The second-order valence-corrected chi connectivity index (χ2v) is 11.0. The topological polar surface area (TPSA) is 83.8 Å². The molecule has 0 spiro atoms.